The minimum atomic E-state index is 0.0551. The van der Waals surface area contributed by atoms with Gasteiger partial charge in [0.25, 0.3) is 0 Å². The third kappa shape index (κ3) is 4.67. The molecule has 0 aliphatic rings. The molecule has 3 heteroatoms. The van der Waals surface area contributed by atoms with E-state index in [-0.39, 0.29) is 12.2 Å². The number of benzene rings is 2. The lowest BCUT2D eigenvalue weighted by Gasteiger charge is -2.20. The van der Waals surface area contributed by atoms with Crippen molar-refractivity contribution in [2.45, 2.75) is 12.2 Å². The lowest BCUT2D eigenvalue weighted by Crippen LogP contribution is -2.28. The molecule has 2 rings (SSSR count). The molecule has 3 nitrogen and oxygen atoms in total. The van der Waals surface area contributed by atoms with Gasteiger partial charge in [-0.1, -0.05) is 60.7 Å². The second-order valence-corrected chi connectivity index (χ2v) is 4.93. The summed E-state index contributed by atoms with van der Waals surface area (Å²) in [4.78, 5) is 0. The molecule has 0 amide bonds. The number of nitrogens with one attached hydrogen (secondary N) is 1. The van der Waals surface area contributed by atoms with Gasteiger partial charge in [-0.05, 0) is 11.1 Å². The predicted molar refractivity (Wildman–Crippen MR) is 85.3 cm³/mol. The van der Waals surface area contributed by atoms with Crippen LogP contribution in [0.5, 0.6) is 0 Å². The number of ether oxygens (including phenoxy) is 2. The van der Waals surface area contributed by atoms with E-state index in [9.17, 15) is 0 Å². The predicted octanol–water partition coefficient (Wildman–Crippen LogP) is 3.35. The molecule has 0 aliphatic heterocycles. The maximum atomic E-state index is 5.55. The van der Waals surface area contributed by atoms with E-state index in [2.05, 4.69) is 29.6 Å². The van der Waals surface area contributed by atoms with Crippen LogP contribution in [0.25, 0.3) is 0 Å². The summed E-state index contributed by atoms with van der Waals surface area (Å²) in [6.07, 6.45) is 0.110. The maximum Gasteiger partial charge on any atom is 0.0945 e. The van der Waals surface area contributed by atoms with Crippen LogP contribution in [0.4, 0.5) is 0 Å². The van der Waals surface area contributed by atoms with E-state index in [1.807, 2.05) is 36.4 Å². The molecule has 21 heavy (non-hydrogen) atoms. The number of hydrogen-bond donors (Lipinski definition) is 1. The summed E-state index contributed by atoms with van der Waals surface area (Å²) in [5.74, 6) is 0. The molecular weight excluding hydrogens is 262 g/mol. The van der Waals surface area contributed by atoms with Crippen molar-refractivity contribution in [2.75, 3.05) is 27.3 Å². The number of hydrogen-bond acceptors (Lipinski definition) is 3. The molecule has 0 saturated carbocycles. The second-order valence-electron chi connectivity index (χ2n) is 4.93. The fourth-order valence-corrected chi connectivity index (χ4v) is 2.36. The molecule has 0 radical (unpaired) electrons. The zero-order valence-electron chi connectivity index (χ0n) is 12.7. The summed E-state index contributed by atoms with van der Waals surface area (Å²) in [6, 6.07) is 20.5. The van der Waals surface area contributed by atoms with Crippen molar-refractivity contribution in [1.29, 1.82) is 0 Å². The van der Waals surface area contributed by atoms with Gasteiger partial charge in [-0.3, -0.25) is 0 Å². The lowest BCUT2D eigenvalue weighted by molar-refractivity contribution is 0.0809. The van der Waals surface area contributed by atoms with E-state index >= 15 is 0 Å². The highest BCUT2D eigenvalue weighted by molar-refractivity contribution is 5.19. The summed E-state index contributed by atoms with van der Waals surface area (Å²) in [7, 11) is 3.48. The highest BCUT2D eigenvalue weighted by atomic mass is 16.5. The van der Waals surface area contributed by atoms with E-state index in [0.29, 0.717) is 0 Å². The fourth-order valence-electron chi connectivity index (χ4n) is 2.36. The van der Waals surface area contributed by atoms with Crippen molar-refractivity contribution in [2.24, 2.45) is 0 Å². The molecule has 2 atom stereocenters. The van der Waals surface area contributed by atoms with Crippen molar-refractivity contribution < 1.29 is 9.47 Å². The molecule has 2 unspecified atom stereocenters. The van der Waals surface area contributed by atoms with Crippen LogP contribution >= 0.6 is 0 Å². The molecule has 2 aromatic rings. The Morgan fingerprint density at radius 3 is 1.43 bits per heavy atom. The van der Waals surface area contributed by atoms with Crippen molar-refractivity contribution in [3.8, 4) is 0 Å². The van der Waals surface area contributed by atoms with Gasteiger partial charge in [0.15, 0.2) is 0 Å². The summed E-state index contributed by atoms with van der Waals surface area (Å²) in [6.45, 7) is 1.51. The quantitative estimate of drug-likeness (QED) is 0.807. The van der Waals surface area contributed by atoms with Crippen molar-refractivity contribution in [1.82, 2.24) is 5.32 Å². The van der Waals surface area contributed by atoms with E-state index in [1.165, 1.54) is 11.1 Å². The van der Waals surface area contributed by atoms with E-state index in [4.69, 9.17) is 9.47 Å². The van der Waals surface area contributed by atoms with Gasteiger partial charge in [0.05, 0.1) is 12.2 Å². The van der Waals surface area contributed by atoms with E-state index in [0.717, 1.165) is 13.1 Å². The molecule has 112 valence electrons. The summed E-state index contributed by atoms with van der Waals surface area (Å²) in [5, 5.41) is 3.43. The van der Waals surface area contributed by atoms with Crippen LogP contribution in [-0.2, 0) is 9.47 Å². The Morgan fingerprint density at radius 2 is 1.10 bits per heavy atom. The molecule has 0 saturated heterocycles. The average Bonchev–Trinajstić information content (AvgIpc) is 2.57. The first kappa shape index (κ1) is 15.7. The van der Waals surface area contributed by atoms with Gasteiger partial charge in [0, 0.05) is 27.3 Å². The van der Waals surface area contributed by atoms with Crippen LogP contribution in [0.1, 0.15) is 23.3 Å². The SMILES string of the molecule is COC(CNCC(OC)c1ccccc1)c1ccccc1. The average molecular weight is 285 g/mol. The summed E-state index contributed by atoms with van der Waals surface area (Å²) < 4.78 is 11.1. The minimum absolute atomic E-state index is 0.0551. The molecule has 0 bridgehead atoms. The zero-order valence-corrected chi connectivity index (χ0v) is 12.7. The first-order valence-corrected chi connectivity index (χ1v) is 7.21. The standard InChI is InChI=1S/C18H23NO2/c1-20-17(15-9-5-3-6-10-15)13-19-14-18(21-2)16-11-7-4-8-12-16/h3-12,17-19H,13-14H2,1-2H3. The Bertz CT molecular complexity index is 454. The van der Waals surface area contributed by atoms with Crippen molar-refractivity contribution >= 4 is 0 Å². The van der Waals surface area contributed by atoms with Gasteiger partial charge in [0.1, 0.15) is 0 Å². The van der Waals surface area contributed by atoms with Crippen LogP contribution in [0.3, 0.4) is 0 Å². The van der Waals surface area contributed by atoms with Gasteiger partial charge in [-0.15, -0.1) is 0 Å². The van der Waals surface area contributed by atoms with Crippen LogP contribution in [-0.4, -0.2) is 27.3 Å². The smallest absolute Gasteiger partial charge is 0.0945 e. The van der Waals surface area contributed by atoms with Gasteiger partial charge < -0.3 is 14.8 Å². The molecule has 0 aromatic heterocycles. The third-order valence-corrected chi connectivity index (χ3v) is 3.57. The lowest BCUT2D eigenvalue weighted by atomic mass is 10.1. The Labute approximate surface area is 126 Å². The highest BCUT2D eigenvalue weighted by Gasteiger charge is 2.13. The van der Waals surface area contributed by atoms with Crippen molar-refractivity contribution in [3.63, 3.8) is 0 Å². The van der Waals surface area contributed by atoms with Gasteiger partial charge in [-0.25, -0.2) is 0 Å². The normalized spacial score (nSPS) is 13.8. The van der Waals surface area contributed by atoms with Gasteiger partial charge in [0.2, 0.25) is 0 Å². The number of methoxy groups -OCH3 is 2. The Kier molecular flexibility index (Phi) is 6.41. The Balaban J connectivity index is 1.87. The van der Waals surface area contributed by atoms with E-state index < -0.39 is 0 Å². The van der Waals surface area contributed by atoms with Crippen molar-refractivity contribution in [3.05, 3.63) is 71.8 Å². The largest absolute Gasteiger partial charge is 0.375 e. The summed E-state index contributed by atoms with van der Waals surface area (Å²) >= 11 is 0. The van der Waals surface area contributed by atoms with E-state index in [1.54, 1.807) is 14.2 Å². The first-order chi connectivity index (χ1) is 10.3. The Hall–Kier alpha value is -1.68. The molecular formula is C18H23NO2. The molecule has 0 spiro atoms. The minimum Gasteiger partial charge on any atom is -0.375 e. The van der Waals surface area contributed by atoms with Gasteiger partial charge >= 0.3 is 0 Å². The number of rotatable bonds is 8. The monoisotopic (exact) mass is 285 g/mol. The zero-order chi connectivity index (χ0) is 14.9. The first-order valence-electron chi connectivity index (χ1n) is 7.21. The second kappa shape index (κ2) is 8.57. The molecule has 0 heterocycles. The molecule has 1 N–H and O–H groups in total. The third-order valence-electron chi connectivity index (χ3n) is 3.57. The summed E-state index contributed by atoms with van der Waals surface area (Å²) in [5.41, 5.74) is 2.36. The van der Waals surface area contributed by atoms with Crippen LogP contribution in [0.2, 0.25) is 0 Å². The van der Waals surface area contributed by atoms with Crippen LogP contribution in [0.15, 0.2) is 60.7 Å². The Morgan fingerprint density at radius 1 is 0.714 bits per heavy atom. The van der Waals surface area contributed by atoms with Crippen LogP contribution in [0, 0.1) is 0 Å². The molecule has 2 aromatic carbocycles. The van der Waals surface area contributed by atoms with Gasteiger partial charge in [-0.2, -0.15) is 0 Å². The van der Waals surface area contributed by atoms with Crippen LogP contribution < -0.4 is 5.32 Å². The topological polar surface area (TPSA) is 30.5 Å². The maximum absolute atomic E-state index is 5.55. The molecule has 0 aliphatic carbocycles. The fraction of sp³-hybridized carbons (Fsp3) is 0.333. The molecule has 0 fully saturated rings. The highest BCUT2D eigenvalue weighted by Crippen LogP contribution is 2.17.